The highest BCUT2D eigenvalue weighted by molar-refractivity contribution is 9.10. The molecular weight excluding hydrogens is 312 g/mol. The van der Waals surface area contributed by atoms with Crippen LogP contribution in [0.2, 0.25) is 0 Å². The van der Waals surface area contributed by atoms with Crippen molar-refractivity contribution in [3.63, 3.8) is 0 Å². The number of rotatable bonds is 4. The molecule has 2 aromatic rings. The first-order valence-electron chi connectivity index (χ1n) is 5.69. The first-order valence-corrected chi connectivity index (χ1v) is 6.86. The van der Waals surface area contributed by atoms with Crippen LogP contribution in [0.25, 0.3) is 0 Å². The molecule has 0 unspecified atom stereocenters. The Balaban J connectivity index is 2.13. The van der Waals surface area contributed by atoms with Gasteiger partial charge in [0.2, 0.25) is 0 Å². The summed E-state index contributed by atoms with van der Waals surface area (Å²) in [7, 11) is 0. The summed E-state index contributed by atoms with van der Waals surface area (Å²) in [6.45, 7) is 0. The maximum absolute atomic E-state index is 11.3. The van der Waals surface area contributed by atoms with Gasteiger partial charge < -0.3 is 0 Å². The van der Waals surface area contributed by atoms with Crippen LogP contribution in [-0.2, 0) is 12.8 Å². The minimum atomic E-state index is -0.389. The van der Waals surface area contributed by atoms with Gasteiger partial charge in [0, 0.05) is 10.0 Å². The van der Waals surface area contributed by atoms with Crippen molar-refractivity contribution in [3.8, 4) is 0 Å². The minimum Gasteiger partial charge on any atom is -0.276 e. The lowest BCUT2D eigenvalue weighted by Gasteiger charge is -2.06. The zero-order valence-corrected chi connectivity index (χ0v) is 12.0. The molecule has 0 aromatic heterocycles. The molecule has 0 saturated heterocycles. The van der Waals surface area contributed by atoms with Crippen LogP contribution in [0.1, 0.15) is 21.5 Å². The third kappa shape index (κ3) is 3.44. The van der Waals surface area contributed by atoms with Crippen LogP contribution in [0.3, 0.4) is 0 Å². The van der Waals surface area contributed by atoms with E-state index >= 15 is 0 Å². The van der Waals surface area contributed by atoms with E-state index in [9.17, 15) is 4.79 Å². The van der Waals surface area contributed by atoms with E-state index in [0.717, 1.165) is 22.9 Å². The molecule has 0 aliphatic rings. The fraction of sp³-hybridized carbons (Fsp3) is 0.133. The van der Waals surface area contributed by atoms with Crippen LogP contribution >= 0.6 is 27.5 Å². The first-order chi connectivity index (χ1) is 8.66. The van der Waals surface area contributed by atoms with Crippen molar-refractivity contribution in [3.05, 3.63) is 69.7 Å². The fourth-order valence-electron chi connectivity index (χ4n) is 1.90. The Labute approximate surface area is 120 Å². The van der Waals surface area contributed by atoms with Crippen molar-refractivity contribution in [2.75, 3.05) is 0 Å². The van der Waals surface area contributed by atoms with E-state index in [1.165, 1.54) is 5.56 Å². The molecule has 0 spiro atoms. The van der Waals surface area contributed by atoms with Gasteiger partial charge in [-0.05, 0) is 53.8 Å². The second-order valence-corrected chi connectivity index (χ2v) is 5.32. The van der Waals surface area contributed by atoms with Crippen molar-refractivity contribution in [1.82, 2.24) is 0 Å². The predicted molar refractivity (Wildman–Crippen MR) is 78.2 cm³/mol. The molecule has 0 aliphatic carbocycles. The van der Waals surface area contributed by atoms with Gasteiger partial charge in [-0.1, -0.05) is 46.3 Å². The first kappa shape index (κ1) is 13.3. The molecule has 0 amide bonds. The summed E-state index contributed by atoms with van der Waals surface area (Å²) in [5.74, 6) is 0. The lowest BCUT2D eigenvalue weighted by atomic mass is 10.0. The lowest BCUT2D eigenvalue weighted by molar-refractivity contribution is 0.108. The maximum atomic E-state index is 11.3. The van der Waals surface area contributed by atoms with Gasteiger partial charge in [-0.25, -0.2) is 0 Å². The van der Waals surface area contributed by atoms with E-state index in [1.807, 2.05) is 30.3 Å². The Morgan fingerprint density at radius 3 is 2.56 bits per heavy atom. The van der Waals surface area contributed by atoms with Crippen molar-refractivity contribution in [1.29, 1.82) is 0 Å². The number of hydrogen-bond donors (Lipinski definition) is 0. The SMILES string of the molecule is O=C(Cl)c1ccccc1CCc1cccc(Br)c1. The topological polar surface area (TPSA) is 17.1 Å². The van der Waals surface area contributed by atoms with Crippen LogP contribution in [0, 0.1) is 0 Å². The molecule has 0 radical (unpaired) electrons. The van der Waals surface area contributed by atoms with Gasteiger partial charge in [0.05, 0.1) is 0 Å². The smallest absolute Gasteiger partial charge is 0.252 e. The molecule has 92 valence electrons. The molecule has 0 atom stereocenters. The van der Waals surface area contributed by atoms with Crippen LogP contribution in [0.4, 0.5) is 0 Å². The van der Waals surface area contributed by atoms with Crippen molar-refractivity contribution >= 4 is 32.8 Å². The zero-order chi connectivity index (χ0) is 13.0. The molecule has 2 aromatic carbocycles. The Bertz CT molecular complexity index is 566. The van der Waals surface area contributed by atoms with Gasteiger partial charge in [0.15, 0.2) is 0 Å². The largest absolute Gasteiger partial charge is 0.276 e. The van der Waals surface area contributed by atoms with Crippen molar-refractivity contribution in [2.45, 2.75) is 12.8 Å². The minimum absolute atomic E-state index is 0.389. The quantitative estimate of drug-likeness (QED) is 0.751. The Morgan fingerprint density at radius 2 is 1.83 bits per heavy atom. The monoisotopic (exact) mass is 322 g/mol. The Hall–Kier alpha value is -1.12. The zero-order valence-electron chi connectivity index (χ0n) is 9.70. The van der Waals surface area contributed by atoms with E-state index in [2.05, 4.69) is 28.1 Å². The van der Waals surface area contributed by atoms with E-state index in [0.29, 0.717) is 5.56 Å². The van der Waals surface area contributed by atoms with Gasteiger partial charge in [-0.3, -0.25) is 4.79 Å². The fourth-order valence-corrected chi connectivity index (χ4v) is 2.53. The molecule has 0 saturated carbocycles. The molecule has 1 nitrogen and oxygen atoms in total. The van der Waals surface area contributed by atoms with Crippen LogP contribution in [0.15, 0.2) is 53.0 Å². The molecule has 3 heteroatoms. The highest BCUT2D eigenvalue weighted by Crippen LogP contribution is 2.17. The van der Waals surface area contributed by atoms with Crippen LogP contribution < -0.4 is 0 Å². The van der Waals surface area contributed by atoms with Gasteiger partial charge >= 0.3 is 0 Å². The maximum Gasteiger partial charge on any atom is 0.252 e. The van der Waals surface area contributed by atoms with Gasteiger partial charge in [-0.15, -0.1) is 0 Å². The molecule has 2 rings (SSSR count). The van der Waals surface area contributed by atoms with E-state index in [1.54, 1.807) is 6.07 Å². The summed E-state index contributed by atoms with van der Waals surface area (Å²) in [6.07, 6.45) is 1.70. The summed E-state index contributed by atoms with van der Waals surface area (Å²) in [5.41, 5.74) is 2.84. The standard InChI is InChI=1S/C15H12BrClO/c16-13-6-3-4-11(10-13)8-9-12-5-1-2-7-14(12)15(17)18/h1-7,10H,8-9H2. The molecule has 0 fully saturated rings. The van der Waals surface area contributed by atoms with E-state index in [4.69, 9.17) is 11.6 Å². The third-order valence-electron chi connectivity index (χ3n) is 2.80. The van der Waals surface area contributed by atoms with Gasteiger partial charge in [0.1, 0.15) is 0 Å². The Morgan fingerprint density at radius 1 is 1.06 bits per heavy atom. The number of hydrogen-bond acceptors (Lipinski definition) is 1. The summed E-state index contributed by atoms with van der Waals surface area (Å²) >= 11 is 9.02. The highest BCUT2D eigenvalue weighted by Gasteiger charge is 2.07. The number of carbonyl (C=O) groups excluding carboxylic acids is 1. The molecular formula is C15H12BrClO. The predicted octanol–water partition coefficient (Wildman–Crippen LogP) is 4.61. The normalized spacial score (nSPS) is 10.3. The summed E-state index contributed by atoms with van der Waals surface area (Å²) < 4.78 is 1.07. The van der Waals surface area contributed by atoms with Crippen molar-refractivity contribution in [2.24, 2.45) is 0 Å². The molecule has 0 heterocycles. The number of aryl methyl sites for hydroxylation is 2. The summed E-state index contributed by atoms with van der Waals surface area (Å²) in [4.78, 5) is 11.3. The third-order valence-corrected chi connectivity index (χ3v) is 3.50. The van der Waals surface area contributed by atoms with Gasteiger partial charge in [-0.2, -0.15) is 0 Å². The number of halogens is 2. The highest BCUT2D eigenvalue weighted by atomic mass is 79.9. The second kappa shape index (κ2) is 6.17. The van der Waals surface area contributed by atoms with Crippen LogP contribution in [-0.4, -0.2) is 5.24 Å². The molecule has 18 heavy (non-hydrogen) atoms. The number of benzene rings is 2. The Kier molecular flexibility index (Phi) is 4.56. The average Bonchev–Trinajstić information content (AvgIpc) is 2.37. The van der Waals surface area contributed by atoms with Crippen LogP contribution in [0.5, 0.6) is 0 Å². The van der Waals surface area contributed by atoms with E-state index < -0.39 is 0 Å². The summed E-state index contributed by atoms with van der Waals surface area (Å²) in [6, 6.07) is 15.7. The molecule has 0 aliphatic heterocycles. The van der Waals surface area contributed by atoms with Crippen molar-refractivity contribution < 1.29 is 4.79 Å². The summed E-state index contributed by atoms with van der Waals surface area (Å²) in [5, 5.41) is -0.389. The molecule has 0 bridgehead atoms. The second-order valence-electron chi connectivity index (χ2n) is 4.06. The number of carbonyl (C=O) groups is 1. The van der Waals surface area contributed by atoms with E-state index in [-0.39, 0.29) is 5.24 Å². The van der Waals surface area contributed by atoms with Gasteiger partial charge in [0.25, 0.3) is 5.24 Å². The average molecular weight is 324 g/mol. The molecule has 0 N–H and O–H groups in total. The lowest BCUT2D eigenvalue weighted by Crippen LogP contribution is -1.99.